The van der Waals surface area contributed by atoms with Crippen LogP contribution in [0.2, 0.25) is 0 Å². The summed E-state index contributed by atoms with van der Waals surface area (Å²) < 4.78 is 29.8. The number of fused-ring (bicyclic) bond motifs is 5. The third-order valence-electron chi connectivity index (χ3n) is 17.6. The zero-order valence-corrected chi connectivity index (χ0v) is 55.2. The Morgan fingerprint density at radius 2 is 1.21 bits per heavy atom. The zero-order valence-electron chi connectivity index (χ0n) is 53.6. The number of amides is 9. The number of thioether (sulfide) groups is 2. The SMILES string of the molecule is NCCCC[C@@H]1NC(=O)CCSCc2cccc(c2)CSCCNC(=O)[C@@H]2CCCN2C(=O)[C@H](CC2CCC(O)CC2)NC(=O)[C@H](Cc2cnc[nH]2)NC(=O)[C@H](CC(=O)O)NC(=O)[C@H](Cc2c[nH]c3ccc(F)cc23)NC(=O)[C@H](Cc2c[nH]c3ccc(F)cc23)NC(=O)CNC1=O. The first-order valence-electron chi connectivity index (χ1n) is 32.7. The molecule has 520 valence electrons. The maximum Gasteiger partial charge on any atom is 0.305 e. The van der Waals surface area contributed by atoms with Gasteiger partial charge in [-0.2, -0.15) is 23.5 Å². The van der Waals surface area contributed by atoms with Crippen molar-refractivity contribution in [3.63, 3.8) is 0 Å². The number of carboxylic acid groups (broad SMARTS) is 1. The molecule has 5 heterocycles. The maximum atomic E-state index is 15.0. The van der Waals surface area contributed by atoms with E-state index >= 15 is 9.59 Å². The quantitative estimate of drug-likeness (QED) is 0.0697. The van der Waals surface area contributed by atoms with Crippen LogP contribution >= 0.6 is 23.5 Å². The predicted molar refractivity (Wildman–Crippen MR) is 360 cm³/mol. The summed E-state index contributed by atoms with van der Waals surface area (Å²) in [4.78, 5) is 157. The Morgan fingerprint density at radius 1 is 0.619 bits per heavy atom. The Morgan fingerprint density at radius 3 is 1.82 bits per heavy atom. The van der Waals surface area contributed by atoms with Gasteiger partial charge in [0, 0.05) is 108 Å². The van der Waals surface area contributed by atoms with Crippen LogP contribution in [-0.4, -0.2) is 180 Å². The number of carbonyl (C=O) groups is 10. The Hall–Kier alpha value is -8.87. The minimum Gasteiger partial charge on any atom is -0.481 e. The summed E-state index contributed by atoms with van der Waals surface area (Å²) in [6.45, 7) is 0.114. The van der Waals surface area contributed by atoms with Crippen molar-refractivity contribution in [2.75, 3.05) is 37.7 Å². The summed E-state index contributed by atoms with van der Waals surface area (Å²) >= 11 is 3.13. The second-order valence-corrected chi connectivity index (χ2v) is 27.1. The predicted octanol–water partition coefficient (Wildman–Crippen LogP) is 2.93. The van der Waals surface area contributed by atoms with Gasteiger partial charge in [-0.25, -0.2) is 13.8 Å². The fourth-order valence-corrected chi connectivity index (χ4v) is 14.2. The number of halogens is 2. The van der Waals surface area contributed by atoms with Gasteiger partial charge in [0.15, 0.2) is 0 Å². The molecule has 30 heteroatoms. The van der Waals surface area contributed by atoms with Gasteiger partial charge in [-0.15, -0.1) is 0 Å². The number of nitrogens with zero attached hydrogens (tertiary/aromatic N) is 2. The van der Waals surface area contributed by atoms with Crippen LogP contribution in [0.3, 0.4) is 0 Å². The van der Waals surface area contributed by atoms with Crippen molar-refractivity contribution in [1.82, 2.24) is 67.4 Å². The molecule has 1 saturated heterocycles. The first-order valence-corrected chi connectivity index (χ1v) is 35.1. The molecular weight excluding hydrogens is 1290 g/mol. The summed E-state index contributed by atoms with van der Waals surface area (Å²) in [6.07, 6.45) is 7.15. The highest BCUT2D eigenvalue weighted by Gasteiger charge is 2.41. The maximum absolute atomic E-state index is 15.0. The number of hydrogen-bond donors (Lipinski definition) is 14. The highest BCUT2D eigenvalue weighted by atomic mass is 32.2. The molecule has 7 atom stereocenters. The van der Waals surface area contributed by atoms with E-state index in [0.29, 0.717) is 115 Å². The molecule has 3 aliphatic rings. The van der Waals surface area contributed by atoms with Crippen molar-refractivity contribution in [1.29, 1.82) is 0 Å². The van der Waals surface area contributed by atoms with Gasteiger partial charge >= 0.3 is 5.97 Å². The number of aromatic nitrogens is 4. The first kappa shape index (κ1) is 72.4. The Kier molecular flexibility index (Phi) is 26.4. The van der Waals surface area contributed by atoms with Crippen molar-refractivity contribution in [3.05, 3.63) is 125 Å². The average molecular weight is 1380 g/mol. The lowest BCUT2D eigenvalue weighted by Crippen LogP contribution is -2.61. The van der Waals surface area contributed by atoms with Crippen molar-refractivity contribution in [3.8, 4) is 0 Å². The summed E-state index contributed by atoms with van der Waals surface area (Å²) in [6, 6.07) is 5.63. The normalized spacial score (nSPS) is 24.2. The molecule has 97 heavy (non-hydrogen) atoms. The second kappa shape index (κ2) is 35.4. The van der Waals surface area contributed by atoms with Gasteiger partial charge in [0.05, 0.1) is 25.4 Å². The van der Waals surface area contributed by atoms with Crippen molar-refractivity contribution in [2.24, 2.45) is 11.7 Å². The van der Waals surface area contributed by atoms with Crippen LogP contribution in [0, 0.1) is 17.6 Å². The molecule has 6 aromatic rings. The third kappa shape index (κ3) is 21.1. The second-order valence-electron chi connectivity index (χ2n) is 24.8. The van der Waals surface area contributed by atoms with E-state index in [0.717, 1.165) is 11.1 Å². The number of aliphatic hydroxyl groups excluding tert-OH is 1. The zero-order chi connectivity index (χ0) is 69.0. The molecule has 0 spiro atoms. The molecule has 2 aliphatic heterocycles. The summed E-state index contributed by atoms with van der Waals surface area (Å²) in [5.74, 6) is -7.94. The molecule has 3 aromatic heterocycles. The summed E-state index contributed by atoms with van der Waals surface area (Å²) in [5.41, 5.74) is 9.69. The van der Waals surface area contributed by atoms with Crippen LogP contribution < -0.4 is 48.3 Å². The van der Waals surface area contributed by atoms with Gasteiger partial charge in [0.2, 0.25) is 53.2 Å². The molecule has 9 amide bonds. The van der Waals surface area contributed by atoms with Gasteiger partial charge in [-0.1, -0.05) is 24.3 Å². The minimum atomic E-state index is -1.98. The van der Waals surface area contributed by atoms with Crippen molar-refractivity contribution < 1.29 is 66.9 Å². The van der Waals surface area contributed by atoms with Gasteiger partial charge in [-0.05, 0) is 135 Å². The van der Waals surface area contributed by atoms with Crippen LogP contribution in [0.5, 0.6) is 0 Å². The molecular formula is C67H84F2N14O12S2. The van der Waals surface area contributed by atoms with Crippen molar-refractivity contribution in [2.45, 2.75) is 156 Å². The first-order chi connectivity index (χ1) is 46.8. The number of nitrogens with one attached hydrogen (secondary N) is 11. The van der Waals surface area contributed by atoms with Crippen LogP contribution in [0.15, 0.2) is 85.6 Å². The van der Waals surface area contributed by atoms with Crippen LogP contribution in [0.4, 0.5) is 8.78 Å². The van der Waals surface area contributed by atoms with E-state index in [-0.39, 0.29) is 61.4 Å². The number of aromatic amines is 3. The van der Waals surface area contributed by atoms with E-state index < -0.39 is 133 Å². The molecule has 2 bridgehead atoms. The fourth-order valence-electron chi connectivity index (χ4n) is 12.5. The number of hydrogen-bond acceptors (Lipinski definition) is 15. The van der Waals surface area contributed by atoms with Crippen LogP contribution in [0.1, 0.15) is 105 Å². The van der Waals surface area contributed by atoms with Gasteiger partial charge in [0.25, 0.3) is 0 Å². The van der Waals surface area contributed by atoms with Gasteiger partial charge in [0.1, 0.15) is 53.9 Å². The number of carboxylic acids is 1. The lowest BCUT2D eigenvalue weighted by molar-refractivity contribution is -0.143. The number of aliphatic hydroxyl groups is 1. The number of rotatable bonds is 14. The number of aliphatic carboxylic acids is 1. The number of nitrogens with two attached hydrogens (primary N) is 1. The van der Waals surface area contributed by atoms with E-state index in [1.807, 2.05) is 18.2 Å². The number of unbranched alkanes of at least 4 members (excludes halogenated alkanes) is 1. The topological polar surface area (TPSA) is 397 Å². The number of H-pyrrole nitrogens is 3. The fraction of sp³-hybridized carbons (Fsp3) is 0.478. The van der Waals surface area contributed by atoms with E-state index in [4.69, 9.17) is 5.73 Å². The standard InChI is InChI=1S/C67H84F2N14O12S2/c68-43-11-15-49-47(27-43)41(31-73-49)25-52-62(90)79-53(26-42-32-74-50-16-12-44(69)28-48(42)50)63(91)81-55(30-60(87)88)65(93)80-54(29-45-33-71-37-76-45)64(92)82-56(24-38-9-13-46(84)14-10-38)67(95)83-20-4-8-57(83)66(94)72-19-22-97-36-40-6-3-5-39(23-40)35-96-21-17-58(85)77-51(7-1-2-18-70)61(89)75-34-59(86)78-52/h3,5-6,11-12,15-16,23,27-28,31-33,37-38,46,51-57,73-74,84H,1-2,4,7-10,13-14,17-22,24-26,29-30,34-36,70H2,(H,71,76)(H,72,94)(H,75,89)(H,77,85)(H,78,86)(H,79,90)(H,80,93)(H,81,91)(H,82,92)(H,87,88)/t38?,46?,51-,52-,53-,54-,55-,56-,57-/m0/s1. The molecule has 2 fully saturated rings. The number of benzene rings is 3. The van der Waals surface area contributed by atoms with Crippen LogP contribution in [-0.2, 0) is 78.7 Å². The lowest BCUT2D eigenvalue weighted by Gasteiger charge is -2.33. The molecule has 26 nitrogen and oxygen atoms in total. The smallest absolute Gasteiger partial charge is 0.305 e. The van der Waals surface area contributed by atoms with E-state index in [9.17, 15) is 57.4 Å². The Balaban J connectivity index is 1.03. The Bertz CT molecular complexity index is 3750. The summed E-state index contributed by atoms with van der Waals surface area (Å²) in [7, 11) is 0. The lowest BCUT2D eigenvalue weighted by atomic mass is 9.83. The molecule has 1 saturated carbocycles. The highest BCUT2D eigenvalue weighted by Crippen LogP contribution is 2.30. The molecule has 0 unspecified atom stereocenters. The molecule has 3 aromatic carbocycles. The monoisotopic (exact) mass is 1380 g/mol. The van der Waals surface area contributed by atoms with Crippen LogP contribution in [0.25, 0.3) is 21.8 Å². The van der Waals surface area contributed by atoms with Gasteiger partial charge < -0.3 is 78.3 Å². The molecule has 15 N–H and O–H groups in total. The van der Waals surface area contributed by atoms with E-state index in [1.54, 1.807) is 11.8 Å². The molecule has 9 rings (SSSR count). The molecule has 0 radical (unpaired) electrons. The van der Waals surface area contributed by atoms with Gasteiger partial charge in [-0.3, -0.25) is 47.9 Å². The molecule has 1 aliphatic carbocycles. The minimum absolute atomic E-state index is 0.0640. The largest absolute Gasteiger partial charge is 0.481 e. The average Bonchev–Trinajstić information content (AvgIpc) is 1.89. The summed E-state index contributed by atoms with van der Waals surface area (Å²) in [5, 5.41) is 42.9. The van der Waals surface area contributed by atoms with E-state index in [1.165, 1.54) is 78.0 Å². The number of imidazole rings is 1. The number of carbonyl (C=O) groups excluding carboxylic acids is 9. The highest BCUT2D eigenvalue weighted by molar-refractivity contribution is 7.98. The van der Waals surface area contributed by atoms with Crippen molar-refractivity contribution >= 4 is 104 Å². The van der Waals surface area contributed by atoms with E-state index in [2.05, 4.69) is 68.5 Å². The third-order valence-corrected chi connectivity index (χ3v) is 19.7. The Labute approximate surface area is 566 Å².